The Labute approximate surface area is 65.1 Å². The second-order valence-corrected chi connectivity index (χ2v) is 2.32. The first kappa shape index (κ1) is 8.99. The summed E-state index contributed by atoms with van der Waals surface area (Å²) in [6.45, 7) is 0. The third-order valence-electron chi connectivity index (χ3n) is 1.70. The van der Waals surface area contributed by atoms with E-state index in [1.807, 2.05) is 0 Å². The van der Waals surface area contributed by atoms with Crippen LogP contribution in [0.4, 0.5) is 0 Å². The maximum Gasteiger partial charge on any atom is 0.306 e. The minimum Gasteiger partial charge on any atom is -0.481 e. The summed E-state index contributed by atoms with van der Waals surface area (Å²) < 4.78 is 0. The van der Waals surface area contributed by atoms with Crippen LogP contribution >= 0.6 is 0 Å². The zero-order valence-electron chi connectivity index (χ0n) is 5.11. The zero-order valence-corrected chi connectivity index (χ0v) is 6.22. The van der Waals surface area contributed by atoms with Gasteiger partial charge >= 0.3 is 5.97 Å². The molecule has 9 heavy (non-hydrogen) atoms. The molecule has 0 aromatic rings. The Hall–Kier alpha value is -0.0105. The molecule has 0 aromatic carbocycles. The number of aliphatic carboxylic acids is 1. The molecule has 3 heteroatoms. The van der Waals surface area contributed by atoms with Crippen LogP contribution in [-0.2, 0) is 21.9 Å². The summed E-state index contributed by atoms with van der Waals surface area (Å²) in [5.74, 6) is -0.627. The van der Waals surface area contributed by atoms with Gasteiger partial charge in [0.05, 0.1) is 5.92 Å². The van der Waals surface area contributed by atoms with Gasteiger partial charge in [-0.1, -0.05) is 12.8 Å². The fourth-order valence-electron chi connectivity index (χ4n) is 1.17. The van der Waals surface area contributed by atoms with Crippen LogP contribution in [0.5, 0.6) is 0 Å². The molecule has 1 aliphatic rings. The summed E-state index contributed by atoms with van der Waals surface area (Å²) in [5, 5.41) is 8.41. The Bertz CT molecular complexity index is 97.2. The largest absolute Gasteiger partial charge is 0.481 e. The molecule has 1 fully saturated rings. The van der Waals surface area contributed by atoms with Gasteiger partial charge in [0.1, 0.15) is 0 Å². The standard InChI is InChI=1S/C6H10O2.Fe/c7-6(8)5-3-1-2-4-5;/h5H,1-4H2,(H,7,8);. The predicted molar refractivity (Wildman–Crippen MR) is 29.6 cm³/mol. The Morgan fingerprint density at radius 1 is 1.33 bits per heavy atom. The van der Waals surface area contributed by atoms with Gasteiger partial charge in [-0.2, -0.15) is 0 Å². The molecule has 1 N–H and O–H groups in total. The summed E-state index contributed by atoms with van der Waals surface area (Å²) in [7, 11) is 0. The Morgan fingerprint density at radius 2 is 1.78 bits per heavy atom. The molecule has 0 bridgehead atoms. The van der Waals surface area contributed by atoms with Crippen LogP contribution < -0.4 is 0 Å². The number of carboxylic acids is 1. The van der Waals surface area contributed by atoms with E-state index >= 15 is 0 Å². The summed E-state index contributed by atoms with van der Waals surface area (Å²) >= 11 is 0. The van der Waals surface area contributed by atoms with Crippen molar-refractivity contribution in [2.24, 2.45) is 5.92 Å². The minimum absolute atomic E-state index is 0. The van der Waals surface area contributed by atoms with Gasteiger partial charge in [-0.05, 0) is 12.8 Å². The SMILES string of the molecule is O=C(O)C1CCCC1.[Fe]. The van der Waals surface area contributed by atoms with E-state index in [0.717, 1.165) is 25.7 Å². The summed E-state index contributed by atoms with van der Waals surface area (Å²) in [6, 6.07) is 0. The van der Waals surface area contributed by atoms with Crippen LogP contribution in [0.15, 0.2) is 0 Å². The van der Waals surface area contributed by atoms with E-state index in [1.54, 1.807) is 0 Å². The van der Waals surface area contributed by atoms with Crippen LogP contribution in [0.3, 0.4) is 0 Å². The maximum absolute atomic E-state index is 10.2. The molecular weight excluding hydrogens is 160 g/mol. The number of carbonyl (C=O) groups is 1. The fraction of sp³-hybridized carbons (Fsp3) is 0.833. The van der Waals surface area contributed by atoms with Crippen molar-refractivity contribution in [3.8, 4) is 0 Å². The van der Waals surface area contributed by atoms with Gasteiger partial charge in [0, 0.05) is 17.1 Å². The van der Waals surface area contributed by atoms with E-state index in [1.165, 1.54) is 0 Å². The van der Waals surface area contributed by atoms with Gasteiger partial charge in [0.25, 0.3) is 0 Å². The smallest absolute Gasteiger partial charge is 0.306 e. The van der Waals surface area contributed by atoms with Crippen molar-refractivity contribution in [2.75, 3.05) is 0 Å². The first-order valence-corrected chi connectivity index (χ1v) is 3.03. The van der Waals surface area contributed by atoms with E-state index in [9.17, 15) is 4.79 Å². The quantitative estimate of drug-likeness (QED) is 0.601. The summed E-state index contributed by atoms with van der Waals surface area (Å²) in [5.41, 5.74) is 0. The molecule has 1 aliphatic carbocycles. The van der Waals surface area contributed by atoms with Gasteiger partial charge in [0.2, 0.25) is 0 Å². The molecule has 0 unspecified atom stereocenters. The van der Waals surface area contributed by atoms with Crippen LogP contribution in [-0.4, -0.2) is 11.1 Å². The second-order valence-electron chi connectivity index (χ2n) is 2.32. The van der Waals surface area contributed by atoms with Gasteiger partial charge in [-0.25, -0.2) is 0 Å². The number of hydrogen-bond donors (Lipinski definition) is 1. The number of hydrogen-bond acceptors (Lipinski definition) is 1. The van der Waals surface area contributed by atoms with E-state index in [4.69, 9.17) is 5.11 Å². The third kappa shape index (κ3) is 2.37. The van der Waals surface area contributed by atoms with Gasteiger partial charge in [0.15, 0.2) is 0 Å². The fourth-order valence-corrected chi connectivity index (χ4v) is 1.17. The van der Waals surface area contributed by atoms with E-state index in [0.29, 0.717) is 0 Å². The van der Waals surface area contributed by atoms with Crippen molar-refractivity contribution in [2.45, 2.75) is 25.7 Å². The van der Waals surface area contributed by atoms with Gasteiger partial charge < -0.3 is 5.11 Å². The Morgan fingerprint density at radius 3 is 2.00 bits per heavy atom. The normalized spacial score (nSPS) is 19.1. The first-order chi connectivity index (χ1) is 3.80. The Kier molecular flexibility index (Phi) is 3.91. The maximum atomic E-state index is 10.2. The van der Waals surface area contributed by atoms with Crippen LogP contribution in [0, 0.1) is 5.92 Å². The van der Waals surface area contributed by atoms with Crippen molar-refractivity contribution in [1.82, 2.24) is 0 Å². The molecule has 54 valence electrons. The summed E-state index contributed by atoms with van der Waals surface area (Å²) in [6.07, 6.45) is 4.01. The minimum atomic E-state index is -0.609. The second kappa shape index (κ2) is 3.91. The monoisotopic (exact) mass is 170 g/mol. The Balaban J connectivity index is 0.000000640. The molecule has 0 radical (unpaired) electrons. The topological polar surface area (TPSA) is 37.3 Å². The van der Waals surface area contributed by atoms with Crippen molar-refractivity contribution < 1.29 is 27.0 Å². The van der Waals surface area contributed by atoms with E-state index in [-0.39, 0.29) is 23.0 Å². The van der Waals surface area contributed by atoms with Crippen molar-refractivity contribution in [1.29, 1.82) is 0 Å². The van der Waals surface area contributed by atoms with Crippen LogP contribution in [0.2, 0.25) is 0 Å². The molecule has 0 spiro atoms. The molecule has 0 amide bonds. The van der Waals surface area contributed by atoms with Crippen molar-refractivity contribution in [3.05, 3.63) is 0 Å². The average Bonchev–Trinajstić information content (AvgIpc) is 2.12. The van der Waals surface area contributed by atoms with Crippen molar-refractivity contribution in [3.63, 3.8) is 0 Å². The zero-order chi connectivity index (χ0) is 5.98. The van der Waals surface area contributed by atoms with Gasteiger partial charge in [-0.15, -0.1) is 0 Å². The first-order valence-electron chi connectivity index (χ1n) is 3.03. The molecule has 1 saturated carbocycles. The molecular formula is C6H10FeO2. The summed E-state index contributed by atoms with van der Waals surface area (Å²) in [4.78, 5) is 10.2. The average molecular weight is 170 g/mol. The van der Waals surface area contributed by atoms with E-state index in [2.05, 4.69) is 0 Å². The molecule has 0 saturated heterocycles. The molecule has 2 nitrogen and oxygen atoms in total. The van der Waals surface area contributed by atoms with Crippen molar-refractivity contribution >= 4 is 5.97 Å². The molecule has 0 atom stereocenters. The third-order valence-corrected chi connectivity index (χ3v) is 1.70. The van der Waals surface area contributed by atoms with Crippen LogP contribution in [0.1, 0.15) is 25.7 Å². The van der Waals surface area contributed by atoms with Crippen LogP contribution in [0.25, 0.3) is 0 Å². The molecule has 1 rings (SSSR count). The number of rotatable bonds is 1. The number of carboxylic acid groups (broad SMARTS) is 1. The predicted octanol–water partition coefficient (Wildman–Crippen LogP) is 1.26. The van der Waals surface area contributed by atoms with Gasteiger partial charge in [-0.3, -0.25) is 4.79 Å². The van der Waals surface area contributed by atoms with E-state index < -0.39 is 5.97 Å². The molecule has 0 aliphatic heterocycles. The molecule has 0 aromatic heterocycles. The molecule has 0 heterocycles.